The second-order valence-electron chi connectivity index (χ2n) is 7.99. The van der Waals surface area contributed by atoms with Gasteiger partial charge in [-0.15, -0.1) is 0 Å². The Morgan fingerprint density at radius 2 is 1.65 bits per heavy atom. The van der Waals surface area contributed by atoms with Crippen LogP contribution >= 0.6 is 0 Å². The van der Waals surface area contributed by atoms with Gasteiger partial charge >= 0.3 is 0 Å². The van der Waals surface area contributed by atoms with Crippen molar-refractivity contribution in [2.75, 3.05) is 18.4 Å². The molecule has 1 N–H and O–H groups in total. The van der Waals surface area contributed by atoms with E-state index in [1.807, 2.05) is 36.4 Å². The first kappa shape index (κ1) is 21.0. The topological polar surface area (TPSA) is 32.3 Å². The Balaban J connectivity index is 1.34. The van der Waals surface area contributed by atoms with Gasteiger partial charge in [0.05, 0.1) is 0 Å². The van der Waals surface area contributed by atoms with Gasteiger partial charge in [0.2, 0.25) is 5.91 Å². The summed E-state index contributed by atoms with van der Waals surface area (Å²) in [5.74, 6) is -0.424. The molecule has 0 unspecified atom stereocenters. The van der Waals surface area contributed by atoms with Gasteiger partial charge in [-0.3, -0.25) is 9.69 Å². The fraction of sp³-hybridized carbons (Fsp3) is 0.222. The lowest BCUT2D eigenvalue weighted by atomic mass is 10.0. The normalized spacial score (nSPS) is 14.6. The van der Waals surface area contributed by atoms with Crippen LogP contribution in [-0.4, -0.2) is 23.9 Å². The first-order valence-corrected chi connectivity index (χ1v) is 10.8. The van der Waals surface area contributed by atoms with Gasteiger partial charge in [-0.25, -0.2) is 4.39 Å². The number of carbonyl (C=O) groups excluding carboxylic acids is 1. The average molecular weight is 415 g/mol. The molecular weight excluding hydrogens is 387 g/mol. The number of amides is 1. The number of piperidine rings is 1. The summed E-state index contributed by atoms with van der Waals surface area (Å²) >= 11 is 0. The maximum atomic E-state index is 13.1. The van der Waals surface area contributed by atoms with Gasteiger partial charge in [-0.2, -0.15) is 0 Å². The molecule has 0 bridgehead atoms. The zero-order valence-corrected chi connectivity index (χ0v) is 17.6. The highest BCUT2D eigenvalue weighted by Crippen LogP contribution is 2.21. The van der Waals surface area contributed by atoms with E-state index < -0.39 is 0 Å². The second-order valence-corrected chi connectivity index (χ2v) is 7.99. The predicted octanol–water partition coefficient (Wildman–Crippen LogP) is 6.13. The molecule has 3 aromatic rings. The Morgan fingerprint density at radius 3 is 2.39 bits per heavy atom. The van der Waals surface area contributed by atoms with Crippen LogP contribution in [0.4, 0.5) is 10.1 Å². The van der Waals surface area contributed by atoms with Gasteiger partial charge < -0.3 is 5.32 Å². The van der Waals surface area contributed by atoms with Crippen molar-refractivity contribution in [2.24, 2.45) is 0 Å². The molecule has 0 radical (unpaired) electrons. The van der Waals surface area contributed by atoms with E-state index >= 15 is 0 Å². The van der Waals surface area contributed by atoms with Crippen molar-refractivity contribution in [3.63, 3.8) is 0 Å². The summed E-state index contributed by atoms with van der Waals surface area (Å²) in [6, 6.07) is 22.3. The van der Waals surface area contributed by atoms with Gasteiger partial charge in [0.25, 0.3) is 0 Å². The lowest BCUT2D eigenvalue weighted by Crippen LogP contribution is -2.29. The van der Waals surface area contributed by atoms with Crippen LogP contribution in [0.5, 0.6) is 0 Å². The third-order valence-corrected chi connectivity index (χ3v) is 5.57. The lowest BCUT2D eigenvalue weighted by molar-refractivity contribution is -0.111. The van der Waals surface area contributed by atoms with E-state index in [9.17, 15) is 9.18 Å². The van der Waals surface area contributed by atoms with E-state index in [1.165, 1.54) is 56.1 Å². The second kappa shape index (κ2) is 10.2. The van der Waals surface area contributed by atoms with Crippen LogP contribution in [0.25, 0.3) is 17.2 Å². The summed E-state index contributed by atoms with van der Waals surface area (Å²) in [5, 5.41) is 2.91. The molecule has 0 aromatic heterocycles. The van der Waals surface area contributed by atoms with Crippen molar-refractivity contribution in [3.8, 4) is 11.1 Å². The number of nitrogens with zero attached hydrogens (tertiary/aromatic N) is 1. The van der Waals surface area contributed by atoms with Crippen LogP contribution < -0.4 is 5.32 Å². The summed E-state index contributed by atoms with van der Waals surface area (Å²) in [6.07, 6.45) is 7.23. The standard InChI is InChI=1S/C27H27FN2O/c28-25-12-10-23(11-13-25)24-6-4-5-21(19-24)9-16-27(31)29-26-14-7-22(8-15-26)20-30-17-2-1-3-18-30/h4-16,19H,1-3,17-18,20H2,(H,29,31). The number of likely N-dealkylation sites (tertiary alicyclic amines) is 1. The highest BCUT2D eigenvalue weighted by Gasteiger charge is 2.10. The minimum absolute atomic E-state index is 0.170. The minimum Gasteiger partial charge on any atom is -0.323 e. The van der Waals surface area contributed by atoms with Crippen LogP contribution in [0.15, 0.2) is 78.9 Å². The van der Waals surface area contributed by atoms with E-state index in [0.29, 0.717) is 0 Å². The quantitative estimate of drug-likeness (QED) is 0.492. The molecular formula is C27H27FN2O. The number of carbonyl (C=O) groups is 1. The van der Waals surface area contributed by atoms with Gasteiger partial charge in [0, 0.05) is 18.3 Å². The first-order valence-electron chi connectivity index (χ1n) is 10.8. The molecule has 0 aliphatic carbocycles. The van der Waals surface area contributed by atoms with Gasteiger partial charge in [-0.05, 0) is 84.6 Å². The average Bonchev–Trinajstić information content (AvgIpc) is 2.80. The minimum atomic E-state index is -0.254. The van der Waals surface area contributed by atoms with Crippen LogP contribution in [0.1, 0.15) is 30.4 Å². The molecule has 1 fully saturated rings. The van der Waals surface area contributed by atoms with E-state index in [0.717, 1.165) is 28.9 Å². The highest BCUT2D eigenvalue weighted by molar-refractivity contribution is 6.02. The molecule has 31 heavy (non-hydrogen) atoms. The molecule has 0 atom stereocenters. The van der Waals surface area contributed by atoms with Gasteiger partial charge in [-0.1, -0.05) is 48.9 Å². The molecule has 1 aliphatic rings. The predicted molar refractivity (Wildman–Crippen MR) is 125 cm³/mol. The Labute approximate surface area is 183 Å². The molecule has 1 aliphatic heterocycles. The van der Waals surface area contributed by atoms with Crippen LogP contribution in [0.2, 0.25) is 0 Å². The van der Waals surface area contributed by atoms with Crippen LogP contribution in [0, 0.1) is 5.82 Å². The molecule has 1 saturated heterocycles. The zero-order chi connectivity index (χ0) is 21.5. The number of rotatable bonds is 6. The summed E-state index contributed by atoms with van der Waals surface area (Å²) in [6.45, 7) is 3.32. The maximum absolute atomic E-state index is 13.1. The van der Waals surface area contributed by atoms with Crippen molar-refractivity contribution < 1.29 is 9.18 Å². The Bertz CT molecular complexity index is 1040. The van der Waals surface area contributed by atoms with Crippen molar-refractivity contribution in [2.45, 2.75) is 25.8 Å². The molecule has 1 heterocycles. The van der Waals surface area contributed by atoms with E-state index in [2.05, 4.69) is 22.3 Å². The molecule has 4 rings (SSSR count). The molecule has 158 valence electrons. The van der Waals surface area contributed by atoms with Crippen molar-refractivity contribution in [1.82, 2.24) is 4.90 Å². The molecule has 3 aromatic carbocycles. The zero-order valence-electron chi connectivity index (χ0n) is 17.6. The Morgan fingerprint density at radius 1 is 0.903 bits per heavy atom. The van der Waals surface area contributed by atoms with Gasteiger partial charge in [0.15, 0.2) is 0 Å². The number of hydrogen-bond acceptors (Lipinski definition) is 2. The van der Waals surface area contributed by atoms with Crippen LogP contribution in [0.3, 0.4) is 0 Å². The fourth-order valence-corrected chi connectivity index (χ4v) is 3.89. The lowest BCUT2D eigenvalue weighted by Gasteiger charge is -2.26. The monoisotopic (exact) mass is 414 g/mol. The number of halogens is 1. The highest BCUT2D eigenvalue weighted by atomic mass is 19.1. The third-order valence-electron chi connectivity index (χ3n) is 5.57. The molecule has 1 amide bonds. The summed E-state index contributed by atoms with van der Waals surface area (Å²) in [5.41, 5.74) is 4.89. The number of benzene rings is 3. The molecule has 0 spiro atoms. The summed E-state index contributed by atoms with van der Waals surface area (Å²) in [7, 11) is 0. The van der Waals surface area contributed by atoms with Crippen molar-refractivity contribution >= 4 is 17.7 Å². The van der Waals surface area contributed by atoms with Crippen molar-refractivity contribution in [3.05, 3.63) is 95.8 Å². The molecule has 0 saturated carbocycles. The molecule has 4 heteroatoms. The van der Waals surface area contributed by atoms with E-state index in [-0.39, 0.29) is 11.7 Å². The Kier molecular flexibility index (Phi) is 6.90. The number of hydrogen-bond donors (Lipinski definition) is 1. The first-order chi connectivity index (χ1) is 15.2. The number of nitrogens with one attached hydrogen (secondary N) is 1. The SMILES string of the molecule is O=C(C=Cc1cccc(-c2ccc(F)cc2)c1)Nc1ccc(CN2CCCCC2)cc1. The van der Waals surface area contributed by atoms with Crippen LogP contribution in [-0.2, 0) is 11.3 Å². The Hall–Kier alpha value is -3.24. The van der Waals surface area contributed by atoms with E-state index in [4.69, 9.17) is 0 Å². The molecule has 3 nitrogen and oxygen atoms in total. The maximum Gasteiger partial charge on any atom is 0.248 e. The smallest absolute Gasteiger partial charge is 0.248 e. The third kappa shape index (κ3) is 6.12. The van der Waals surface area contributed by atoms with Crippen molar-refractivity contribution in [1.29, 1.82) is 0 Å². The summed E-state index contributed by atoms with van der Waals surface area (Å²) < 4.78 is 13.1. The largest absolute Gasteiger partial charge is 0.323 e. The number of anilines is 1. The fourth-order valence-electron chi connectivity index (χ4n) is 3.89. The van der Waals surface area contributed by atoms with E-state index in [1.54, 1.807) is 18.2 Å². The van der Waals surface area contributed by atoms with Gasteiger partial charge in [0.1, 0.15) is 5.82 Å². The summed E-state index contributed by atoms with van der Waals surface area (Å²) in [4.78, 5) is 14.8.